The number of aromatic nitrogens is 1. The van der Waals surface area contributed by atoms with Crippen LogP contribution in [0.15, 0.2) is 24.3 Å². The van der Waals surface area contributed by atoms with Gasteiger partial charge in [-0.3, -0.25) is 0 Å². The second kappa shape index (κ2) is 6.83. The number of carbonyl (C=O) groups is 1. The van der Waals surface area contributed by atoms with Gasteiger partial charge in [-0.25, -0.2) is 9.78 Å². The van der Waals surface area contributed by atoms with Gasteiger partial charge in [0.15, 0.2) is 0 Å². The van der Waals surface area contributed by atoms with Gasteiger partial charge in [-0.1, -0.05) is 29.8 Å². The molecule has 0 amide bonds. The van der Waals surface area contributed by atoms with Crippen LogP contribution in [-0.4, -0.2) is 35.1 Å². The Morgan fingerprint density at radius 2 is 1.90 bits per heavy atom. The van der Waals surface area contributed by atoms with Crippen molar-refractivity contribution in [1.29, 1.82) is 0 Å². The van der Waals surface area contributed by atoms with Crippen LogP contribution in [0.25, 0.3) is 0 Å². The highest BCUT2D eigenvalue weighted by Gasteiger charge is 2.17. The van der Waals surface area contributed by atoms with E-state index in [2.05, 4.69) is 36.2 Å². The largest absolute Gasteiger partial charge is 0.477 e. The van der Waals surface area contributed by atoms with E-state index in [1.807, 2.05) is 19.0 Å². The summed E-state index contributed by atoms with van der Waals surface area (Å²) in [6.45, 7) is 2.73. The third kappa shape index (κ3) is 4.37. The van der Waals surface area contributed by atoms with Gasteiger partial charge in [-0.15, -0.1) is 11.3 Å². The normalized spacial score (nSPS) is 11.0. The lowest BCUT2D eigenvalue weighted by atomic mass is 10.1. The van der Waals surface area contributed by atoms with Crippen LogP contribution in [0.1, 0.15) is 31.5 Å². The Morgan fingerprint density at radius 3 is 2.48 bits per heavy atom. The SMILES string of the molecule is Cc1ccc(CCc2nc(CN(C)C)sc2C(=O)O)cc1. The minimum atomic E-state index is -0.878. The Kier molecular flexibility index (Phi) is 5.09. The lowest BCUT2D eigenvalue weighted by Gasteiger charge is -2.05. The first-order valence-corrected chi connectivity index (χ1v) is 7.69. The molecule has 1 N–H and O–H groups in total. The molecule has 0 saturated heterocycles. The molecule has 0 atom stereocenters. The number of carboxylic acid groups (broad SMARTS) is 1. The predicted molar refractivity (Wildman–Crippen MR) is 85.1 cm³/mol. The first-order valence-electron chi connectivity index (χ1n) is 6.88. The summed E-state index contributed by atoms with van der Waals surface area (Å²) in [5.41, 5.74) is 3.14. The van der Waals surface area contributed by atoms with Gasteiger partial charge in [0.25, 0.3) is 0 Å². The molecule has 0 aliphatic heterocycles. The van der Waals surface area contributed by atoms with Crippen molar-refractivity contribution in [3.8, 4) is 0 Å². The summed E-state index contributed by atoms with van der Waals surface area (Å²) >= 11 is 1.28. The maximum atomic E-state index is 11.3. The third-order valence-corrected chi connectivity index (χ3v) is 4.23. The summed E-state index contributed by atoms with van der Waals surface area (Å²) in [6, 6.07) is 8.32. The Hall–Kier alpha value is -1.72. The van der Waals surface area contributed by atoms with Crippen molar-refractivity contribution in [2.45, 2.75) is 26.3 Å². The maximum absolute atomic E-state index is 11.3. The van der Waals surface area contributed by atoms with E-state index in [9.17, 15) is 9.90 Å². The minimum Gasteiger partial charge on any atom is -0.477 e. The second-order valence-electron chi connectivity index (χ2n) is 5.41. The van der Waals surface area contributed by atoms with Gasteiger partial charge >= 0.3 is 5.97 Å². The van der Waals surface area contributed by atoms with E-state index < -0.39 is 5.97 Å². The summed E-state index contributed by atoms with van der Waals surface area (Å²) in [6.07, 6.45) is 1.47. The third-order valence-electron chi connectivity index (χ3n) is 3.16. The van der Waals surface area contributed by atoms with Gasteiger partial charge in [0.05, 0.1) is 5.69 Å². The predicted octanol–water partition coefficient (Wildman–Crippen LogP) is 3.00. The second-order valence-corrected chi connectivity index (χ2v) is 6.50. The molecule has 0 unspecified atom stereocenters. The Morgan fingerprint density at radius 1 is 1.24 bits per heavy atom. The quantitative estimate of drug-likeness (QED) is 0.891. The monoisotopic (exact) mass is 304 g/mol. The van der Waals surface area contributed by atoms with Crippen LogP contribution in [0.5, 0.6) is 0 Å². The van der Waals surface area contributed by atoms with Crippen molar-refractivity contribution < 1.29 is 9.90 Å². The fraction of sp³-hybridized carbons (Fsp3) is 0.375. The van der Waals surface area contributed by atoms with Gasteiger partial charge in [-0.2, -0.15) is 0 Å². The van der Waals surface area contributed by atoms with Crippen molar-refractivity contribution in [1.82, 2.24) is 9.88 Å². The number of nitrogens with zero attached hydrogens (tertiary/aromatic N) is 2. The summed E-state index contributed by atoms with van der Waals surface area (Å²) < 4.78 is 0. The number of hydrogen-bond acceptors (Lipinski definition) is 4. The highest BCUT2D eigenvalue weighted by atomic mass is 32.1. The van der Waals surface area contributed by atoms with Gasteiger partial charge in [0, 0.05) is 6.54 Å². The van der Waals surface area contributed by atoms with Crippen LogP contribution in [-0.2, 0) is 19.4 Å². The highest BCUT2D eigenvalue weighted by Crippen LogP contribution is 2.21. The zero-order valence-electron chi connectivity index (χ0n) is 12.6. The van der Waals surface area contributed by atoms with Crippen LogP contribution < -0.4 is 0 Å². The highest BCUT2D eigenvalue weighted by molar-refractivity contribution is 7.13. The van der Waals surface area contributed by atoms with E-state index in [-0.39, 0.29) is 0 Å². The molecule has 0 radical (unpaired) electrons. The van der Waals surface area contributed by atoms with Gasteiger partial charge in [-0.05, 0) is 39.4 Å². The summed E-state index contributed by atoms with van der Waals surface area (Å²) in [7, 11) is 3.90. The molecule has 1 aromatic carbocycles. The lowest BCUT2D eigenvalue weighted by Crippen LogP contribution is -2.10. The molecule has 2 rings (SSSR count). The van der Waals surface area contributed by atoms with Crippen molar-refractivity contribution in [3.63, 3.8) is 0 Å². The molecule has 5 heteroatoms. The average Bonchev–Trinajstić information content (AvgIpc) is 2.80. The smallest absolute Gasteiger partial charge is 0.347 e. The first kappa shape index (κ1) is 15.7. The van der Waals surface area contributed by atoms with E-state index in [1.165, 1.54) is 22.5 Å². The molecule has 0 bridgehead atoms. The van der Waals surface area contributed by atoms with Crippen LogP contribution >= 0.6 is 11.3 Å². The van der Waals surface area contributed by atoms with Crippen LogP contribution in [0.4, 0.5) is 0 Å². The summed E-state index contributed by atoms with van der Waals surface area (Å²) in [5, 5.41) is 10.2. The Bertz CT molecular complexity index is 618. The average molecular weight is 304 g/mol. The number of aromatic carboxylic acids is 1. The molecular weight excluding hydrogens is 284 g/mol. The van der Waals surface area contributed by atoms with Crippen LogP contribution in [0.2, 0.25) is 0 Å². The number of carboxylic acids is 1. The van der Waals surface area contributed by atoms with Gasteiger partial charge in [0.1, 0.15) is 9.88 Å². The molecule has 0 fully saturated rings. The van der Waals surface area contributed by atoms with Crippen molar-refractivity contribution in [2.75, 3.05) is 14.1 Å². The first-order chi connectivity index (χ1) is 9.95. The topological polar surface area (TPSA) is 53.4 Å². The van der Waals surface area contributed by atoms with Crippen LogP contribution in [0.3, 0.4) is 0 Å². The zero-order valence-corrected chi connectivity index (χ0v) is 13.4. The number of thiazole rings is 1. The fourth-order valence-corrected chi connectivity index (χ4v) is 3.16. The number of rotatable bonds is 6. The molecule has 0 aliphatic carbocycles. The molecule has 2 aromatic rings. The fourth-order valence-electron chi connectivity index (χ4n) is 2.09. The molecule has 0 aliphatic rings. The zero-order chi connectivity index (χ0) is 15.4. The van der Waals surface area contributed by atoms with E-state index in [4.69, 9.17) is 0 Å². The van der Waals surface area contributed by atoms with E-state index in [0.717, 1.165) is 11.4 Å². The van der Waals surface area contributed by atoms with E-state index in [1.54, 1.807) is 0 Å². The van der Waals surface area contributed by atoms with E-state index >= 15 is 0 Å². The minimum absolute atomic E-state index is 0.374. The van der Waals surface area contributed by atoms with Crippen LogP contribution in [0, 0.1) is 6.92 Å². The summed E-state index contributed by atoms with van der Waals surface area (Å²) in [5.74, 6) is -0.878. The Balaban J connectivity index is 2.12. The molecule has 1 aromatic heterocycles. The number of hydrogen-bond donors (Lipinski definition) is 1. The summed E-state index contributed by atoms with van der Waals surface area (Å²) in [4.78, 5) is 18.2. The number of aryl methyl sites for hydroxylation is 3. The van der Waals surface area contributed by atoms with Crippen molar-refractivity contribution >= 4 is 17.3 Å². The molecular formula is C16H20N2O2S. The standard InChI is InChI=1S/C16H20N2O2S/c1-11-4-6-12(7-5-11)8-9-13-15(16(19)20)21-14(17-13)10-18(2)3/h4-7H,8-10H2,1-3H3,(H,19,20). The van der Waals surface area contributed by atoms with Crippen molar-refractivity contribution in [3.05, 3.63) is 51.0 Å². The lowest BCUT2D eigenvalue weighted by molar-refractivity contribution is 0.0700. The maximum Gasteiger partial charge on any atom is 0.347 e. The van der Waals surface area contributed by atoms with E-state index in [0.29, 0.717) is 23.5 Å². The molecule has 4 nitrogen and oxygen atoms in total. The molecule has 0 saturated carbocycles. The van der Waals surface area contributed by atoms with Gasteiger partial charge in [0.2, 0.25) is 0 Å². The molecule has 21 heavy (non-hydrogen) atoms. The molecule has 112 valence electrons. The molecule has 0 spiro atoms. The van der Waals surface area contributed by atoms with Gasteiger partial charge < -0.3 is 10.0 Å². The van der Waals surface area contributed by atoms with Crippen molar-refractivity contribution in [2.24, 2.45) is 0 Å². The Labute approximate surface area is 129 Å². The number of benzene rings is 1. The molecule has 1 heterocycles.